The maximum atomic E-state index is 12.9. The van der Waals surface area contributed by atoms with Crippen LogP contribution in [0.2, 0.25) is 5.02 Å². The Morgan fingerprint density at radius 2 is 1.67 bits per heavy atom. The fourth-order valence-electron chi connectivity index (χ4n) is 3.05. The minimum Gasteiger partial charge on any atom is -0.340 e. The molecule has 7 heteroatoms. The smallest absolute Gasteiger partial charge is 0.253 e. The van der Waals surface area contributed by atoms with Gasteiger partial charge in [0.15, 0.2) is 0 Å². The van der Waals surface area contributed by atoms with Crippen molar-refractivity contribution in [2.75, 3.05) is 18.9 Å². The molecule has 0 radical (unpaired) electrons. The molecular formula is C23H28ClN3O3. The second-order valence-corrected chi connectivity index (χ2v) is 7.84. The third-order valence-corrected chi connectivity index (χ3v) is 5.10. The molecule has 0 saturated heterocycles. The van der Waals surface area contributed by atoms with Gasteiger partial charge < -0.3 is 15.5 Å². The molecule has 0 aliphatic heterocycles. The molecule has 0 aliphatic rings. The maximum absolute atomic E-state index is 12.9. The van der Waals surface area contributed by atoms with Crippen molar-refractivity contribution in [3.8, 4) is 0 Å². The highest BCUT2D eigenvalue weighted by atomic mass is 35.5. The van der Waals surface area contributed by atoms with Gasteiger partial charge in [-0.15, -0.1) is 0 Å². The van der Waals surface area contributed by atoms with Gasteiger partial charge in [-0.2, -0.15) is 0 Å². The lowest BCUT2D eigenvalue weighted by Crippen LogP contribution is -2.51. The van der Waals surface area contributed by atoms with E-state index in [1.165, 1.54) is 4.90 Å². The number of carbonyl (C=O) groups excluding carboxylic acids is 3. The van der Waals surface area contributed by atoms with Gasteiger partial charge in [0, 0.05) is 12.7 Å². The molecule has 160 valence electrons. The van der Waals surface area contributed by atoms with Gasteiger partial charge in [-0.1, -0.05) is 62.7 Å². The zero-order chi connectivity index (χ0) is 22.3. The Bertz CT molecular complexity index is 914. The number of carbonyl (C=O) groups is 3. The van der Waals surface area contributed by atoms with Crippen molar-refractivity contribution >= 4 is 35.0 Å². The van der Waals surface area contributed by atoms with Crippen molar-refractivity contribution in [1.29, 1.82) is 0 Å². The zero-order valence-electron chi connectivity index (χ0n) is 17.7. The number of para-hydroxylation sites is 1. The Labute approximate surface area is 182 Å². The number of halogens is 1. The Balaban J connectivity index is 2.04. The first kappa shape index (κ1) is 23.4. The molecule has 0 bridgehead atoms. The first-order valence-electron chi connectivity index (χ1n) is 9.92. The quantitative estimate of drug-likeness (QED) is 0.670. The zero-order valence-corrected chi connectivity index (χ0v) is 18.5. The van der Waals surface area contributed by atoms with E-state index in [9.17, 15) is 14.4 Å². The van der Waals surface area contributed by atoms with Crippen LogP contribution in [0.15, 0.2) is 48.5 Å². The molecule has 0 fully saturated rings. The van der Waals surface area contributed by atoms with E-state index in [1.807, 2.05) is 45.0 Å². The van der Waals surface area contributed by atoms with E-state index in [4.69, 9.17) is 11.6 Å². The SMILES string of the molecule is CCc1ccccc1NC(=O)CN(C)C(=O)C(NC(=O)c1ccccc1Cl)C(C)C. The fraction of sp³-hybridized carbons (Fsp3) is 0.348. The number of aryl methyl sites for hydroxylation is 1. The van der Waals surface area contributed by atoms with Crippen LogP contribution in [0.3, 0.4) is 0 Å². The molecule has 6 nitrogen and oxygen atoms in total. The van der Waals surface area contributed by atoms with Gasteiger partial charge in [0.1, 0.15) is 6.04 Å². The van der Waals surface area contributed by atoms with Crippen LogP contribution in [-0.2, 0) is 16.0 Å². The Hall–Kier alpha value is -2.86. The summed E-state index contributed by atoms with van der Waals surface area (Å²) in [7, 11) is 1.55. The summed E-state index contributed by atoms with van der Waals surface area (Å²) in [6, 6.07) is 13.4. The highest BCUT2D eigenvalue weighted by Gasteiger charge is 2.28. The van der Waals surface area contributed by atoms with Crippen LogP contribution in [-0.4, -0.2) is 42.3 Å². The summed E-state index contributed by atoms with van der Waals surface area (Å²) in [4.78, 5) is 39.3. The molecule has 0 aliphatic carbocycles. The molecule has 2 N–H and O–H groups in total. The topological polar surface area (TPSA) is 78.5 Å². The van der Waals surface area contributed by atoms with Gasteiger partial charge in [0.25, 0.3) is 5.91 Å². The third-order valence-electron chi connectivity index (χ3n) is 4.77. The summed E-state index contributed by atoms with van der Waals surface area (Å²) in [5.74, 6) is -1.24. The van der Waals surface area contributed by atoms with Crippen molar-refractivity contribution in [3.05, 3.63) is 64.7 Å². The lowest BCUT2D eigenvalue weighted by atomic mass is 10.0. The summed E-state index contributed by atoms with van der Waals surface area (Å²) >= 11 is 6.09. The van der Waals surface area contributed by atoms with E-state index < -0.39 is 11.9 Å². The average molecular weight is 430 g/mol. The molecule has 3 amide bonds. The number of hydrogen-bond acceptors (Lipinski definition) is 3. The van der Waals surface area contributed by atoms with Gasteiger partial charge in [0.2, 0.25) is 11.8 Å². The summed E-state index contributed by atoms with van der Waals surface area (Å²) in [6.07, 6.45) is 0.786. The molecule has 0 heterocycles. The molecule has 30 heavy (non-hydrogen) atoms. The second kappa shape index (κ2) is 10.8. The first-order valence-corrected chi connectivity index (χ1v) is 10.3. The number of anilines is 1. The number of amides is 3. The predicted molar refractivity (Wildman–Crippen MR) is 120 cm³/mol. The minimum absolute atomic E-state index is 0.123. The predicted octanol–water partition coefficient (Wildman–Crippen LogP) is 3.75. The second-order valence-electron chi connectivity index (χ2n) is 7.43. The number of nitrogens with zero attached hydrogens (tertiary/aromatic N) is 1. The number of benzene rings is 2. The van der Waals surface area contributed by atoms with Crippen molar-refractivity contribution in [1.82, 2.24) is 10.2 Å². The van der Waals surface area contributed by atoms with Crippen LogP contribution in [0.5, 0.6) is 0 Å². The Morgan fingerprint density at radius 3 is 2.30 bits per heavy atom. The number of nitrogens with one attached hydrogen (secondary N) is 2. The molecular weight excluding hydrogens is 402 g/mol. The molecule has 0 spiro atoms. The van der Waals surface area contributed by atoms with Crippen LogP contribution in [0.1, 0.15) is 36.7 Å². The van der Waals surface area contributed by atoms with Gasteiger partial charge in [-0.25, -0.2) is 0 Å². The van der Waals surface area contributed by atoms with E-state index in [-0.39, 0.29) is 24.3 Å². The summed E-state index contributed by atoms with van der Waals surface area (Å²) in [5, 5.41) is 5.91. The third kappa shape index (κ3) is 6.07. The first-order chi connectivity index (χ1) is 14.2. The highest BCUT2D eigenvalue weighted by molar-refractivity contribution is 6.33. The van der Waals surface area contributed by atoms with Crippen LogP contribution < -0.4 is 10.6 Å². The van der Waals surface area contributed by atoms with E-state index >= 15 is 0 Å². The van der Waals surface area contributed by atoms with E-state index in [1.54, 1.807) is 31.3 Å². The monoisotopic (exact) mass is 429 g/mol. The Morgan fingerprint density at radius 1 is 1.03 bits per heavy atom. The Kier molecular flexibility index (Phi) is 8.42. The lowest BCUT2D eigenvalue weighted by molar-refractivity contribution is -0.135. The highest BCUT2D eigenvalue weighted by Crippen LogP contribution is 2.17. The van der Waals surface area contributed by atoms with Crippen LogP contribution in [0, 0.1) is 5.92 Å². The minimum atomic E-state index is -0.783. The van der Waals surface area contributed by atoms with Gasteiger partial charge >= 0.3 is 0 Å². The maximum Gasteiger partial charge on any atom is 0.253 e. The molecule has 2 aromatic rings. The summed E-state index contributed by atoms with van der Waals surface area (Å²) < 4.78 is 0. The number of likely N-dealkylation sites (N-methyl/N-ethyl adjacent to an activating group) is 1. The summed E-state index contributed by atoms with van der Waals surface area (Å²) in [6.45, 7) is 5.55. The molecule has 1 unspecified atom stereocenters. The van der Waals surface area contributed by atoms with Crippen molar-refractivity contribution in [2.24, 2.45) is 5.92 Å². The van der Waals surface area contributed by atoms with Crippen LogP contribution >= 0.6 is 11.6 Å². The van der Waals surface area contributed by atoms with Gasteiger partial charge in [-0.3, -0.25) is 14.4 Å². The molecule has 0 saturated carbocycles. The lowest BCUT2D eigenvalue weighted by Gasteiger charge is -2.27. The van der Waals surface area contributed by atoms with Gasteiger partial charge in [0.05, 0.1) is 17.1 Å². The van der Waals surface area contributed by atoms with Crippen molar-refractivity contribution in [2.45, 2.75) is 33.2 Å². The van der Waals surface area contributed by atoms with Crippen molar-refractivity contribution < 1.29 is 14.4 Å². The van der Waals surface area contributed by atoms with Crippen LogP contribution in [0.4, 0.5) is 5.69 Å². The normalized spacial score (nSPS) is 11.7. The average Bonchev–Trinajstić information content (AvgIpc) is 2.71. The van der Waals surface area contributed by atoms with E-state index in [2.05, 4.69) is 10.6 Å². The molecule has 0 aromatic heterocycles. The molecule has 1 atom stereocenters. The van der Waals surface area contributed by atoms with Gasteiger partial charge in [-0.05, 0) is 36.1 Å². The van der Waals surface area contributed by atoms with Crippen molar-refractivity contribution in [3.63, 3.8) is 0 Å². The number of rotatable bonds is 8. The van der Waals surface area contributed by atoms with E-state index in [0.717, 1.165) is 17.7 Å². The fourth-order valence-corrected chi connectivity index (χ4v) is 3.27. The molecule has 2 rings (SSSR count). The van der Waals surface area contributed by atoms with Crippen LogP contribution in [0.25, 0.3) is 0 Å². The summed E-state index contributed by atoms with van der Waals surface area (Å²) in [5.41, 5.74) is 2.05. The largest absolute Gasteiger partial charge is 0.340 e. The van der Waals surface area contributed by atoms with E-state index in [0.29, 0.717) is 10.6 Å². The standard InChI is InChI=1S/C23H28ClN3O3/c1-5-16-10-6-9-13-19(16)25-20(28)14-27(4)23(30)21(15(2)3)26-22(29)17-11-7-8-12-18(17)24/h6-13,15,21H,5,14H2,1-4H3,(H,25,28)(H,26,29). The number of hydrogen-bond donors (Lipinski definition) is 2. The molecule has 2 aromatic carbocycles.